The molecule has 1 aliphatic carbocycles. The van der Waals surface area contributed by atoms with E-state index in [4.69, 9.17) is 0 Å². The molecule has 1 aromatic carbocycles. The van der Waals surface area contributed by atoms with E-state index in [0.29, 0.717) is 0 Å². The van der Waals surface area contributed by atoms with Gasteiger partial charge in [0.1, 0.15) is 17.0 Å². The van der Waals surface area contributed by atoms with Gasteiger partial charge in [0, 0.05) is 42.0 Å². The molecule has 0 saturated carbocycles. The molecule has 6 rings (SSSR count). The number of benzene rings is 1. The Kier molecular flexibility index (Phi) is 6.35. The number of piperidine rings is 1. The molecular formula is C27H33N7OS. The molecule has 1 unspecified atom stereocenters. The lowest BCUT2D eigenvalue weighted by molar-refractivity contribution is -0.134. The molecule has 2 aliphatic rings. The van der Waals surface area contributed by atoms with Crippen LogP contribution in [0.2, 0.25) is 0 Å². The smallest absolute Gasteiger partial charge is 0.225 e. The fraction of sp³-hybridized carbons (Fsp3) is 0.481. The van der Waals surface area contributed by atoms with Crippen molar-refractivity contribution in [2.24, 2.45) is 11.8 Å². The highest BCUT2D eigenvalue weighted by atomic mass is 32.1. The van der Waals surface area contributed by atoms with Crippen LogP contribution in [0.4, 0.5) is 11.5 Å². The summed E-state index contributed by atoms with van der Waals surface area (Å²) in [5.41, 5.74) is 3.28. The topological polar surface area (TPSA) is 90.0 Å². The first kappa shape index (κ1) is 23.4. The second-order valence-electron chi connectivity index (χ2n) is 10.4. The van der Waals surface area contributed by atoms with Crippen LogP contribution < -0.4 is 5.32 Å². The number of carbonyl (C=O) groups is 1. The third kappa shape index (κ3) is 4.57. The molecule has 0 bridgehead atoms. The van der Waals surface area contributed by atoms with Gasteiger partial charge in [-0.25, -0.2) is 9.97 Å². The molecule has 8 nitrogen and oxygen atoms in total. The summed E-state index contributed by atoms with van der Waals surface area (Å²) >= 11 is 1.71. The molecule has 9 heteroatoms. The largest absolute Gasteiger partial charge is 0.344 e. The lowest BCUT2D eigenvalue weighted by atomic mass is 9.87. The molecule has 3 aromatic heterocycles. The molecule has 1 atom stereocenters. The summed E-state index contributed by atoms with van der Waals surface area (Å²) in [6.07, 6.45) is 8.54. The number of aromatic amines is 1. The van der Waals surface area contributed by atoms with Gasteiger partial charge in [0.2, 0.25) is 5.91 Å². The second-order valence-corrected chi connectivity index (χ2v) is 11.5. The summed E-state index contributed by atoms with van der Waals surface area (Å²) in [5, 5.41) is 12.8. The Labute approximate surface area is 215 Å². The van der Waals surface area contributed by atoms with Crippen molar-refractivity contribution in [1.82, 2.24) is 30.0 Å². The molecule has 1 amide bonds. The minimum absolute atomic E-state index is 0.0461. The molecule has 4 aromatic rings. The molecular weight excluding hydrogens is 470 g/mol. The second kappa shape index (κ2) is 9.78. The maximum absolute atomic E-state index is 13.3. The predicted molar refractivity (Wildman–Crippen MR) is 145 cm³/mol. The number of H-pyrrole nitrogens is 1. The fourth-order valence-corrected chi connectivity index (χ4v) is 6.84. The van der Waals surface area contributed by atoms with Crippen LogP contribution >= 0.6 is 11.3 Å². The van der Waals surface area contributed by atoms with Gasteiger partial charge >= 0.3 is 0 Å². The number of hydrogen-bond acceptors (Lipinski definition) is 7. The number of fused-ring (bicyclic) bond motifs is 4. The number of carbonyl (C=O) groups excluding carboxylic acids is 1. The lowest BCUT2D eigenvalue weighted by Crippen LogP contribution is -2.42. The van der Waals surface area contributed by atoms with Crippen molar-refractivity contribution in [1.29, 1.82) is 0 Å². The molecule has 1 fully saturated rings. The molecule has 0 radical (unpaired) electrons. The summed E-state index contributed by atoms with van der Waals surface area (Å²) in [7, 11) is 1.97. The molecule has 0 spiro atoms. The van der Waals surface area contributed by atoms with Crippen molar-refractivity contribution >= 4 is 49.9 Å². The molecule has 1 saturated heterocycles. The molecule has 4 heterocycles. The van der Waals surface area contributed by atoms with Crippen LogP contribution in [0.5, 0.6) is 0 Å². The minimum atomic E-state index is 0.0461. The van der Waals surface area contributed by atoms with Crippen molar-refractivity contribution in [3.8, 4) is 0 Å². The minimum Gasteiger partial charge on any atom is -0.344 e. The summed E-state index contributed by atoms with van der Waals surface area (Å²) < 4.78 is 0. The van der Waals surface area contributed by atoms with E-state index < -0.39 is 0 Å². The highest BCUT2D eigenvalue weighted by molar-refractivity contribution is 7.19. The number of thiophene rings is 1. The highest BCUT2D eigenvalue weighted by Crippen LogP contribution is 2.40. The normalized spacial score (nSPS) is 19.0. The lowest BCUT2D eigenvalue weighted by Gasteiger charge is -2.32. The van der Waals surface area contributed by atoms with Crippen molar-refractivity contribution in [2.75, 3.05) is 38.5 Å². The van der Waals surface area contributed by atoms with E-state index in [-0.39, 0.29) is 11.8 Å². The Morgan fingerprint density at radius 2 is 2.11 bits per heavy atom. The van der Waals surface area contributed by atoms with Crippen molar-refractivity contribution in [2.45, 2.75) is 39.0 Å². The first-order chi connectivity index (χ1) is 17.5. The van der Waals surface area contributed by atoms with Gasteiger partial charge in [0.05, 0.1) is 17.1 Å². The standard InChI is InChI=1S/C27H33N7OS/c1-17-7-9-34(10-8-17)12-11-33(2)27(35)18-3-5-21-23(14-18)36-26-24(21)25(28-16-29-26)31-20-4-6-22-19(13-20)15-30-32-22/h4,6,13,15-18H,3,5,7-12,14H2,1-2H3,(H,30,32)(H,28,29,31). The maximum atomic E-state index is 13.3. The van der Waals surface area contributed by atoms with E-state index in [9.17, 15) is 4.79 Å². The number of aromatic nitrogens is 4. The van der Waals surface area contributed by atoms with Gasteiger partial charge in [-0.1, -0.05) is 6.92 Å². The zero-order chi connectivity index (χ0) is 24.6. The number of hydrogen-bond donors (Lipinski definition) is 2. The first-order valence-corrected chi connectivity index (χ1v) is 13.8. The monoisotopic (exact) mass is 503 g/mol. The van der Waals surface area contributed by atoms with Gasteiger partial charge in [-0.2, -0.15) is 5.10 Å². The number of anilines is 2. The number of aryl methyl sites for hydroxylation is 1. The molecule has 36 heavy (non-hydrogen) atoms. The zero-order valence-electron chi connectivity index (χ0n) is 21.0. The van der Waals surface area contributed by atoms with Crippen LogP contribution in [0.15, 0.2) is 30.7 Å². The van der Waals surface area contributed by atoms with Crippen molar-refractivity contribution in [3.63, 3.8) is 0 Å². The number of likely N-dealkylation sites (tertiary alicyclic amines) is 1. The Morgan fingerprint density at radius 1 is 1.25 bits per heavy atom. The number of rotatable bonds is 6. The summed E-state index contributed by atoms with van der Waals surface area (Å²) in [4.78, 5) is 29.2. The first-order valence-electron chi connectivity index (χ1n) is 13.0. The summed E-state index contributed by atoms with van der Waals surface area (Å²) in [6.45, 7) is 6.44. The van der Waals surface area contributed by atoms with Crippen molar-refractivity contribution < 1.29 is 4.79 Å². The zero-order valence-corrected chi connectivity index (χ0v) is 21.8. The molecule has 2 N–H and O–H groups in total. The van der Waals surface area contributed by atoms with Crippen LogP contribution in [-0.2, 0) is 17.6 Å². The average molecular weight is 504 g/mol. The Bertz CT molecular complexity index is 1390. The third-order valence-electron chi connectivity index (χ3n) is 7.90. The number of nitrogens with zero attached hydrogens (tertiary/aromatic N) is 5. The van der Waals surface area contributed by atoms with Crippen LogP contribution in [-0.4, -0.2) is 69.1 Å². The van der Waals surface area contributed by atoms with Crippen LogP contribution in [0.3, 0.4) is 0 Å². The fourth-order valence-electron chi connectivity index (χ4n) is 5.57. The van der Waals surface area contributed by atoms with E-state index in [1.807, 2.05) is 30.3 Å². The van der Waals surface area contributed by atoms with Crippen LogP contribution in [0.1, 0.15) is 36.6 Å². The maximum Gasteiger partial charge on any atom is 0.225 e. The van der Waals surface area contributed by atoms with Crippen LogP contribution in [0, 0.1) is 11.8 Å². The quantitative estimate of drug-likeness (QED) is 0.400. The molecule has 188 valence electrons. The van der Waals surface area contributed by atoms with Crippen molar-refractivity contribution in [3.05, 3.63) is 41.2 Å². The van der Waals surface area contributed by atoms with Gasteiger partial charge in [0.15, 0.2) is 0 Å². The van der Waals surface area contributed by atoms with Gasteiger partial charge in [-0.05, 0) is 74.9 Å². The van der Waals surface area contributed by atoms with E-state index in [2.05, 4.69) is 43.4 Å². The average Bonchev–Trinajstić information content (AvgIpc) is 3.51. The van der Waals surface area contributed by atoms with E-state index in [1.165, 1.54) is 23.3 Å². The van der Waals surface area contributed by atoms with E-state index in [0.717, 1.165) is 84.0 Å². The third-order valence-corrected chi connectivity index (χ3v) is 9.06. The number of nitrogens with one attached hydrogen (secondary N) is 2. The van der Waals surface area contributed by atoms with Crippen LogP contribution in [0.25, 0.3) is 21.1 Å². The highest BCUT2D eigenvalue weighted by Gasteiger charge is 2.31. The Morgan fingerprint density at radius 3 is 2.97 bits per heavy atom. The predicted octanol–water partition coefficient (Wildman–Crippen LogP) is 4.61. The Hall–Kier alpha value is -3.04. The van der Waals surface area contributed by atoms with Gasteiger partial charge in [-0.3, -0.25) is 9.89 Å². The molecule has 1 aliphatic heterocycles. The number of likely N-dealkylation sites (N-methyl/N-ethyl adjacent to an activating group) is 1. The van der Waals surface area contributed by atoms with Gasteiger partial charge in [0.25, 0.3) is 0 Å². The SMILES string of the molecule is CC1CCN(CCN(C)C(=O)C2CCc3c(sc4ncnc(Nc5ccc6[nH]ncc6c5)c34)C2)CC1. The van der Waals surface area contributed by atoms with E-state index in [1.54, 1.807) is 17.7 Å². The van der Waals surface area contributed by atoms with Gasteiger partial charge in [-0.15, -0.1) is 11.3 Å². The van der Waals surface area contributed by atoms with Gasteiger partial charge < -0.3 is 15.1 Å². The number of amides is 1. The Balaban J connectivity index is 1.15. The summed E-state index contributed by atoms with van der Waals surface area (Å²) in [6, 6.07) is 6.12. The van der Waals surface area contributed by atoms with E-state index >= 15 is 0 Å². The summed E-state index contributed by atoms with van der Waals surface area (Å²) in [5.74, 6) is 1.99.